The van der Waals surface area contributed by atoms with Crippen LogP contribution in [0.1, 0.15) is 27.0 Å². The molecule has 25 heavy (non-hydrogen) atoms. The molecule has 2 rings (SSSR count). The summed E-state index contributed by atoms with van der Waals surface area (Å²) >= 11 is 0. The Labute approximate surface area is 139 Å². The molecule has 0 bridgehead atoms. The minimum atomic E-state index is -2.48. The molecular formula is C14H16F2N2O7. The Hall–Kier alpha value is -2.56. The van der Waals surface area contributed by atoms with Crippen molar-refractivity contribution < 1.29 is 32.6 Å². The van der Waals surface area contributed by atoms with Gasteiger partial charge < -0.3 is 14.2 Å². The molecule has 0 radical (unpaired) electrons. The molecule has 0 unspecified atom stereocenters. The molecule has 0 aliphatic carbocycles. The zero-order chi connectivity index (χ0) is 18.9. The fourth-order valence-corrected chi connectivity index (χ4v) is 2.54. The number of aromatic nitrogens is 2. The van der Waals surface area contributed by atoms with Crippen LogP contribution in [0, 0.1) is 5.82 Å². The van der Waals surface area contributed by atoms with Gasteiger partial charge in [-0.05, 0) is 6.92 Å². The van der Waals surface area contributed by atoms with Crippen molar-refractivity contribution >= 4 is 11.9 Å². The van der Waals surface area contributed by atoms with Crippen molar-refractivity contribution in [2.24, 2.45) is 0 Å². The molecule has 1 saturated heterocycles. The summed E-state index contributed by atoms with van der Waals surface area (Å²) in [7, 11) is 0. The maximum absolute atomic E-state index is 15.3. The van der Waals surface area contributed by atoms with Gasteiger partial charge in [0.25, 0.3) is 5.56 Å². The van der Waals surface area contributed by atoms with Gasteiger partial charge in [0.1, 0.15) is 12.7 Å². The van der Waals surface area contributed by atoms with Crippen LogP contribution in [0.3, 0.4) is 0 Å². The number of hydrogen-bond donors (Lipinski definition) is 1. The summed E-state index contributed by atoms with van der Waals surface area (Å²) in [4.78, 5) is 46.9. The van der Waals surface area contributed by atoms with E-state index in [0.29, 0.717) is 10.8 Å². The molecule has 0 spiro atoms. The topological polar surface area (TPSA) is 117 Å². The monoisotopic (exact) mass is 362 g/mol. The van der Waals surface area contributed by atoms with Gasteiger partial charge in [-0.3, -0.25) is 23.9 Å². The zero-order valence-electron chi connectivity index (χ0n) is 13.6. The highest BCUT2D eigenvalue weighted by molar-refractivity contribution is 5.66. The quantitative estimate of drug-likeness (QED) is 0.737. The molecule has 4 atom stereocenters. The lowest BCUT2D eigenvalue weighted by Gasteiger charge is -2.27. The average molecular weight is 362 g/mol. The molecule has 0 amide bonds. The van der Waals surface area contributed by atoms with E-state index in [1.54, 1.807) is 4.98 Å². The number of hydrogen-bond acceptors (Lipinski definition) is 7. The highest BCUT2D eigenvalue weighted by Gasteiger charge is 2.58. The smallest absolute Gasteiger partial charge is 0.330 e. The summed E-state index contributed by atoms with van der Waals surface area (Å²) in [6.07, 6.45) is -4.01. The number of esters is 2. The van der Waals surface area contributed by atoms with Crippen LogP contribution >= 0.6 is 0 Å². The number of rotatable bonds is 4. The van der Waals surface area contributed by atoms with Crippen molar-refractivity contribution in [3.05, 3.63) is 32.9 Å². The van der Waals surface area contributed by atoms with Crippen molar-refractivity contribution in [3.8, 4) is 0 Å². The van der Waals surface area contributed by atoms with Gasteiger partial charge in [-0.25, -0.2) is 9.18 Å². The molecule has 1 aromatic heterocycles. The van der Waals surface area contributed by atoms with Crippen LogP contribution in [0.4, 0.5) is 8.78 Å². The Morgan fingerprint density at radius 1 is 1.36 bits per heavy atom. The van der Waals surface area contributed by atoms with E-state index in [1.807, 2.05) is 0 Å². The van der Waals surface area contributed by atoms with Crippen LogP contribution in [0.15, 0.2) is 15.8 Å². The Balaban J connectivity index is 2.43. The predicted molar refractivity (Wildman–Crippen MR) is 76.9 cm³/mol. The van der Waals surface area contributed by atoms with Crippen LogP contribution < -0.4 is 11.2 Å². The molecule has 9 nitrogen and oxygen atoms in total. The van der Waals surface area contributed by atoms with Gasteiger partial charge >= 0.3 is 17.6 Å². The lowest BCUT2D eigenvalue weighted by atomic mass is 9.98. The summed E-state index contributed by atoms with van der Waals surface area (Å²) in [6, 6.07) is 0. The number of ether oxygens (including phenoxy) is 3. The maximum atomic E-state index is 15.3. The lowest BCUT2D eigenvalue weighted by molar-refractivity contribution is -0.158. The summed E-state index contributed by atoms with van der Waals surface area (Å²) in [5, 5.41) is 0. The number of nitrogens with zero attached hydrogens (tertiary/aromatic N) is 1. The van der Waals surface area contributed by atoms with E-state index < -0.39 is 59.7 Å². The minimum absolute atomic E-state index is 0.454. The zero-order valence-corrected chi connectivity index (χ0v) is 13.6. The van der Waals surface area contributed by atoms with Crippen molar-refractivity contribution in [1.29, 1.82) is 0 Å². The van der Waals surface area contributed by atoms with Gasteiger partial charge in [-0.1, -0.05) is 0 Å². The standard InChI is InChI=1S/C14H16F2N2O7/c1-6(19)23-5-9-10(24-7(2)20)14(3,16)12(25-9)18-4-8(15)11(21)17-13(18)22/h4,9-10,12H,5H2,1-3H3,(H,17,21,22)/t9-,10-,12-,14-/m1/s1. The van der Waals surface area contributed by atoms with Gasteiger partial charge in [-0.2, -0.15) is 4.39 Å². The average Bonchev–Trinajstić information content (AvgIpc) is 2.72. The highest BCUT2D eigenvalue weighted by atomic mass is 19.1. The fourth-order valence-electron chi connectivity index (χ4n) is 2.54. The molecule has 1 aliphatic rings. The number of H-pyrrole nitrogens is 1. The Bertz CT molecular complexity index is 801. The molecule has 2 heterocycles. The largest absolute Gasteiger partial charge is 0.463 e. The van der Waals surface area contributed by atoms with E-state index in [4.69, 9.17) is 14.2 Å². The van der Waals surface area contributed by atoms with Crippen LogP contribution in [0.5, 0.6) is 0 Å². The van der Waals surface area contributed by atoms with Crippen LogP contribution in [0.2, 0.25) is 0 Å². The summed E-state index contributed by atoms with van der Waals surface area (Å²) in [5.74, 6) is -2.83. The highest BCUT2D eigenvalue weighted by Crippen LogP contribution is 2.42. The molecule has 138 valence electrons. The lowest BCUT2D eigenvalue weighted by Crippen LogP contribution is -2.46. The van der Waals surface area contributed by atoms with Gasteiger partial charge in [0.2, 0.25) is 5.82 Å². The molecule has 1 aromatic rings. The summed E-state index contributed by atoms with van der Waals surface area (Å²) in [5.41, 5.74) is -4.87. The molecular weight excluding hydrogens is 346 g/mol. The predicted octanol–water partition coefficient (Wildman–Crippen LogP) is -0.204. The van der Waals surface area contributed by atoms with Crippen molar-refractivity contribution in [3.63, 3.8) is 0 Å². The van der Waals surface area contributed by atoms with Crippen molar-refractivity contribution in [2.45, 2.75) is 44.9 Å². The maximum Gasteiger partial charge on any atom is 0.330 e. The normalized spacial score (nSPS) is 28.6. The molecule has 1 N–H and O–H groups in total. The van der Waals surface area contributed by atoms with Crippen LogP contribution in [0.25, 0.3) is 0 Å². The van der Waals surface area contributed by atoms with E-state index >= 15 is 4.39 Å². The van der Waals surface area contributed by atoms with Gasteiger partial charge in [0, 0.05) is 13.8 Å². The third-order valence-corrected chi connectivity index (χ3v) is 3.60. The molecule has 1 fully saturated rings. The van der Waals surface area contributed by atoms with Crippen LogP contribution in [-0.2, 0) is 23.8 Å². The van der Waals surface area contributed by atoms with E-state index in [1.165, 1.54) is 0 Å². The second-order valence-electron chi connectivity index (χ2n) is 5.65. The number of carbonyl (C=O) groups is 2. The molecule has 1 aliphatic heterocycles. The number of halogens is 2. The summed E-state index contributed by atoms with van der Waals surface area (Å²) < 4.78 is 44.2. The second kappa shape index (κ2) is 6.75. The SMILES string of the molecule is CC(=O)OC[C@H]1O[C@@H](n2cc(F)c(=O)[nH]c2=O)[C@](C)(F)[C@@H]1OC(C)=O. The van der Waals surface area contributed by atoms with Crippen molar-refractivity contribution in [1.82, 2.24) is 9.55 Å². The number of aromatic amines is 1. The Kier molecular flexibility index (Phi) is 5.07. The third kappa shape index (κ3) is 3.76. The van der Waals surface area contributed by atoms with Gasteiger partial charge in [0.15, 0.2) is 18.0 Å². The van der Waals surface area contributed by atoms with Gasteiger partial charge in [-0.15, -0.1) is 0 Å². The molecule has 11 heteroatoms. The number of nitrogens with one attached hydrogen (secondary N) is 1. The Morgan fingerprint density at radius 2 is 2.00 bits per heavy atom. The summed E-state index contributed by atoms with van der Waals surface area (Å²) in [6.45, 7) is 2.68. The first-order valence-electron chi connectivity index (χ1n) is 7.20. The molecule has 0 saturated carbocycles. The first-order valence-corrected chi connectivity index (χ1v) is 7.20. The third-order valence-electron chi connectivity index (χ3n) is 3.60. The minimum Gasteiger partial charge on any atom is -0.463 e. The first kappa shape index (κ1) is 18.8. The van der Waals surface area contributed by atoms with E-state index in [9.17, 15) is 23.6 Å². The second-order valence-corrected chi connectivity index (χ2v) is 5.65. The van der Waals surface area contributed by atoms with Gasteiger partial charge in [0.05, 0.1) is 6.20 Å². The van der Waals surface area contributed by atoms with Crippen LogP contribution in [-0.4, -0.2) is 46.0 Å². The van der Waals surface area contributed by atoms with E-state index in [2.05, 4.69) is 0 Å². The molecule has 0 aromatic carbocycles. The van der Waals surface area contributed by atoms with E-state index in [-0.39, 0.29) is 0 Å². The Morgan fingerprint density at radius 3 is 2.56 bits per heavy atom. The van der Waals surface area contributed by atoms with Crippen molar-refractivity contribution in [2.75, 3.05) is 6.61 Å². The number of carbonyl (C=O) groups excluding carboxylic acids is 2. The first-order chi connectivity index (χ1) is 11.5. The fraction of sp³-hybridized carbons (Fsp3) is 0.571. The number of alkyl halides is 1. The van der Waals surface area contributed by atoms with E-state index in [0.717, 1.165) is 20.8 Å².